The lowest BCUT2D eigenvalue weighted by Gasteiger charge is -2.13. The Hall–Kier alpha value is -1.59. The van der Waals surface area contributed by atoms with Gasteiger partial charge in [-0.3, -0.25) is 4.98 Å². The van der Waals surface area contributed by atoms with Gasteiger partial charge in [0.25, 0.3) is 0 Å². The lowest BCUT2D eigenvalue weighted by atomic mass is 10.4. The molecule has 0 spiro atoms. The Morgan fingerprint density at radius 2 is 1.17 bits per heavy atom. The molecule has 0 atom stereocenters. The fourth-order valence-corrected chi connectivity index (χ4v) is 1.41. The smallest absolute Gasteiger partial charge is 0.259 e. The largest absolute Gasteiger partial charge is 0.336 e. The number of nitrogens with one attached hydrogen (secondary N) is 1. The van der Waals surface area contributed by atoms with Gasteiger partial charge in [0.1, 0.15) is 0 Å². The SMILES string of the molecule is CC(C)n1c(=O)[nH]c(=O)n(C(C)C)c1=O.CCC. The van der Waals surface area contributed by atoms with Crippen molar-refractivity contribution in [1.29, 1.82) is 0 Å². The summed E-state index contributed by atoms with van der Waals surface area (Å²) in [5.74, 6) is 0. The Morgan fingerprint density at radius 3 is 1.39 bits per heavy atom. The molecule has 1 aromatic heterocycles. The van der Waals surface area contributed by atoms with Gasteiger partial charge in [-0.2, -0.15) is 0 Å². The molecule has 0 amide bonds. The molecule has 1 N–H and O–H groups in total. The van der Waals surface area contributed by atoms with Gasteiger partial charge in [0, 0.05) is 12.1 Å². The topological polar surface area (TPSA) is 76.9 Å². The highest BCUT2D eigenvalue weighted by Gasteiger charge is 2.13. The van der Waals surface area contributed by atoms with Crippen molar-refractivity contribution in [3.8, 4) is 0 Å². The van der Waals surface area contributed by atoms with E-state index in [2.05, 4.69) is 18.8 Å². The van der Waals surface area contributed by atoms with Crippen LogP contribution in [0.4, 0.5) is 0 Å². The Labute approximate surface area is 106 Å². The van der Waals surface area contributed by atoms with Crippen LogP contribution in [0.15, 0.2) is 14.4 Å². The molecular weight excluding hydrogens is 234 g/mol. The van der Waals surface area contributed by atoms with Crippen molar-refractivity contribution in [2.45, 2.75) is 60.0 Å². The maximum Gasteiger partial charge on any atom is 0.336 e. The van der Waals surface area contributed by atoms with Crippen LogP contribution in [0.3, 0.4) is 0 Å². The summed E-state index contributed by atoms with van der Waals surface area (Å²) < 4.78 is 2.06. The monoisotopic (exact) mass is 257 g/mol. The molecule has 0 aromatic carbocycles. The number of aromatic amines is 1. The van der Waals surface area contributed by atoms with E-state index >= 15 is 0 Å². The fraction of sp³-hybridized carbons (Fsp3) is 0.750. The van der Waals surface area contributed by atoms with E-state index in [1.54, 1.807) is 27.7 Å². The third-order valence-corrected chi connectivity index (χ3v) is 2.10. The Balaban J connectivity index is 0.000000873. The highest BCUT2D eigenvalue weighted by atomic mass is 16.2. The predicted molar refractivity (Wildman–Crippen MR) is 72.3 cm³/mol. The summed E-state index contributed by atoms with van der Waals surface area (Å²) in [6.45, 7) is 11.1. The second kappa shape index (κ2) is 6.98. The summed E-state index contributed by atoms with van der Waals surface area (Å²) >= 11 is 0. The van der Waals surface area contributed by atoms with Crippen LogP contribution in [0, 0.1) is 0 Å². The molecule has 1 aromatic rings. The van der Waals surface area contributed by atoms with Gasteiger partial charge in [0.15, 0.2) is 0 Å². The molecule has 0 saturated carbocycles. The molecule has 0 unspecified atom stereocenters. The van der Waals surface area contributed by atoms with Gasteiger partial charge in [-0.1, -0.05) is 20.3 Å². The van der Waals surface area contributed by atoms with Crippen LogP contribution < -0.4 is 17.1 Å². The van der Waals surface area contributed by atoms with Crippen LogP contribution in [0.5, 0.6) is 0 Å². The summed E-state index contributed by atoms with van der Waals surface area (Å²) in [4.78, 5) is 36.7. The lowest BCUT2D eigenvalue weighted by Crippen LogP contribution is -2.50. The summed E-state index contributed by atoms with van der Waals surface area (Å²) in [5.41, 5.74) is -1.87. The van der Waals surface area contributed by atoms with Crippen LogP contribution in [0.2, 0.25) is 0 Å². The normalized spacial score (nSPS) is 10.4. The highest BCUT2D eigenvalue weighted by Crippen LogP contribution is 1.96. The van der Waals surface area contributed by atoms with E-state index < -0.39 is 17.1 Å². The minimum absolute atomic E-state index is 0.271. The number of hydrogen-bond acceptors (Lipinski definition) is 3. The van der Waals surface area contributed by atoms with Crippen LogP contribution in [-0.2, 0) is 0 Å². The third kappa shape index (κ3) is 3.72. The minimum atomic E-state index is -0.656. The zero-order valence-corrected chi connectivity index (χ0v) is 12.0. The van der Waals surface area contributed by atoms with Crippen LogP contribution in [0.1, 0.15) is 60.0 Å². The van der Waals surface area contributed by atoms with Crippen molar-refractivity contribution >= 4 is 0 Å². The van der Waals surface area contributed by atoms with Crippen molar-refractivity contribution in [2.24, 2.45) is 0 Å². The molecule has 104 valence electrons. The molecule has 0 saturated heterocycles. The summed E-state index contributed by atoms with van der Waals surface area (Å²) in [6, 6.07) is -0.543. The first-order valence-electron chi connectivity index (χ1n) is 6.25. The minimum Gasteiger partial charge on any atom is -0.259 e. The molecule has 1 heterocycles. The average Bonchev–Trinajstić information content (AvgIpc) is 2.15. The van der Waals surface area contributed by atoms with E-state index in [9.17, 15) is 14.4 Å². The zero-order chi connectivity index (χ0) is 14.5. The van der Waals surface area contributed by atoms with Gasteiger partial charge in [-0.25, -0.2) is 23.5 Å². The van der Waals surface area contributed by atoms with E-state index in [-0.39, 0.29) is 12.1 Å². The number of hydrogen-bond donors (Lipinski definition) is 1. The van der Waals surface area contributed by atoms with Crippen molar-refractivity contribution in [3.63, 3.8) is 0 Å². The number of H-pyrrole nitrogens is 1. The Kier molecular flexibility index (Phi) is 6.36. The molecule has 0 aliphatic heterocycles. The van der Waals surface area contributed by atoms with E-state index in [0.717, 1.165) is 9.13 Å². The molecule has 0 aliphatic rings. The Bertz CT molecular complexity index is 491. The van der Waals surface area contributed by atoms with Crippen LogP contribution in [0.25, 0.3) is 0 Å². The second-order valence-electron chi connectivity index (χ2n) is 4.65. The van der Waals surface area contributed by atoms with Crippen molar-refractivity contribution in [1.82, 2.24) is 14.1 Å². The van der Waals surface area contributed by atoms with Gasteiger partial charge < -0.3 is 0 Å². The number of rotatable bonds is 2. The zero-order valence-electron chi connectivity index (χ0n) is 12.0. The maximum absolute atomic E-state index is 11.8. The molecule has 0 radical (unpaired) electrons. The van der Waals surface area contributed by atoms with Gasteiger partial charge in [-0.15, -0.1) is 0 Å². The lowest BCUT2D eigenvalue weighted by molar-refractivity contribution is 0.441. The predicted octanol–water partition coefficient (Wildman–Crippen LogP) is 1.28. The van der Waals surface area contributed by atoms with Crippen molar-refractivity contribution in [3.05, 3.63) is 31.5 Å². The summed E-state index contributed by atoms with van der Waals surface area (Å²) in [7, 11) is 0. The van der Waals surface area contributed by atoms with E-state index in [4.69, 9.17) is 0 Å². The Morgan fingerprint density at radius 1 is 0.889 bits per heavy atom. The molecule has 6 heteroatoms. The standard InChI is InChI=1S/C9H15N3O3.C3H8/c1-5(2)11-7(13)10-8(14)12(6(3)4)9(11)15;1-3-2/h5-6H,1-4H3,(H,10,13,14);3H2,1-2H3. The number of aromatic nitrogens is 3. The third-order valence-electron chi connectivity index (χ3n) is 2.10. The molecule has 0 fully saturated rings. The summed E-state index contributed by atoms with van der Waals surface area (Å²) in [5, 5.41) is 0. The van der Waals surface area contributed by atoms with E-state index in [1.807, 2.05) is 0 Å². The first-order chi connectivity index (χ1) is 8.27. The van der Waals surface area contributed by atoms with Gasteiger partial charge >= 0.3 is 17.1 Å². The summed E-state index contributed by atoms with van der Waals surface area (Å²) in [6.07, 6.45) is 1.25. The first kappa shape index (κ1) is 16.4. The second-order valence-corrected chi connectivity index (χ2v) is 4.65. The first-order valence-corrected chi connectivity index (χ1v) is 6.25. The van der Waals surface area contributed by atoms with Crippen LogP contribution in [-0.4, -0.2) is 14.1 Å². The van der Waals surface area contributed by atoms with Crippen molar-refractivity contribution < 1.29 is 0 Å². The molecule has 0 aliphatic carbocycles. The molecule has 0 bridgehead atoms. The fourth-order valence-electron chi connectivity index (χ4n) is 1.41. The average molecular weight is 257 g/mol. The highest BCUT2D eigenvalue weighted by molar-refractivity contribution is 4.79. The number of nitrogens with zero attached hydrogens (tertiary/aromatic N) is 2. The molecular formula is C12H23N3O3. The molecule has 1 rings (SSSR count). The quantitative estimate of drug-likeness (QED) is 0.867. The van der Waals surface area contributed by atoms with Gasteiger partial charge in [0.2, 0.25) is 0 Å². The van der Waals surface area contributed by atoms with E-state index in [0.29, 0.717) is 0 Å². The van der Waals surface area contributed by atoms with Gasteiger partial charge in [-0.05, 0) is 27.7 Å². The molecule has 6 nitrogen and oxygen atoms in total. The van der Waals surface area contributed by atoms with Crippen LogP contribution >= 0.6 is 0 Å². The maximum atomic E-state index is 11.8. The van der Waals surface area contributed by atoms with Crippen molar-refractivity contribution in [2.75, 3.05) is 0 Å². The van der Waals surface area contributed by atoms with Gasteiger partial charge in [0.05, 0.1) is 0 Å². The molecule has 18 heavy (non-hydrogen) atoms. The van der Waals surface area contributed by atoms with E-state index in [1.165, 1.54) is 6.42 Å².